The number of allylic oxidation sites excluding steroid dienone is 1. The molecule has 0 atom stereocenters. The Morgan fingerprint density at radius 1 is 0.731 bits per heavy atom. The minimum absolute atomic E-state index is 0.195. The maximum absolute atomic E-state index is 13.3. The fourth-order valence-corrected chi connectivity index (χ4v) is 2.67. The Morgan fingerprint density at radius 2 is 1.31 bits per heavy atom. The zero-order valence-corrected chi connectivity index (χ0v) is 14.3. The van der Waals surface area contributed by atoms with E-state index in [9.17, 15) is 9.59 Å². The molecule has 0 N–H and O–H groups in total. The summed E-state index contributed by atoms with van der Waals surface area (Å²) in [7, 11) is 1.30. The van der Waals surface area contributed by atoms with E-state index >= 15 is 0 Å². The van der Waals surface area contributed by atoms with E-state index in [1.165, 1.54) is 7.11 Å². The van der Waals surface area contributed by atoms with Gasteiger partial charge in [-0.1, -0.05) is 66.7 Å². The molecule has 0 radical (unpaired) electrons. The number of hydrogen-bond acceptors (Lipinski definition) is 4. The highest BCUT2D eigenvalue weighted by atomic mass is 16.5. The molecule has 0 aliphatic heterocycles. The van der Waals surface area contributed by atoms with Crippen LogP contribution in [0.25, 0.3) is 11.1 Å². The molecule has 3 aromatic rings. The van der Waals surface area contributed by atoms with Gasteiger partial charge >= 0.3 is 5.97 Å². The monoisotopic (exact) mass is 343 g/mol. The molecule has 2 aromatic carbocycles. The Bertz CT molecular complexity index is 933. The summed E-state index contributed by atoms with van der Waals surface area (Å²) >= 11 is 0. The van der Waals surface area contributed by atoms with E-state index in [1.807, 2.05) is 12.1 Å². The van der Waals surface area contributed by atoms with Gasteiger partial charge in [0, 0.05) is 11.8 Å². The summed E-state index contributed by atoms with van der Waals surface area (Å²) in [4.78, 5) is 30.2. The molecular weight excluding hydrogens is 326 g/mol. The Hall–Kier alpha value is -3.53. The Morgan fingerprint density at radius 3 is 1.85 bits per heavy atom. The van der Waals surface area contributed by atoms with Crippen molar-refractivity contribution in [1.29, 1.82) is 0 Å². The van der Waals surface area contributed by atoms with Gasteiger partial charge in [-0.05, 0) is 17.7 Å². The number of aromatic nitrogens is 1. The van der Waals surface area contributed by atoms with Crippen molar-refractivity contribution < 1.29 is 14.3 Å². The third kappa shape index (κ3) is 3.59. The minimum atomic E-state index is -0.582. The molecule has 26 heavy (non-hydrogen) atoms. The van der Waals surface area contributed by atoms with Gasteiger partial charge in [0.15, 0.2) is 5.78 Å². The van der Waals surface area contributed by atoms with Crippen LogP contribution in [0.15, 0.2) is 85.1 Å². The molecule has 0 amide bonds. The smallest absolute Gasteiger partial charge is 0.339 e. The minimum Gasteiger partial charge on any atom is -0.465 e. The molecule has 0 aliphatic rings. The van der Waals surface area contributed by atoms with Gasteiger partial charge in [-0.2, -0.15) is 0 Å². The number of Topliss-reactive ketones (excluding diaryl/α,β-unsaturated/α-hetero) is 1. The molecule has 0 spiro atoms. The van der Waals surface area contributed by atoms with Crippen molar-refractivity contribution in [3.8, 4) is 0 Å². The average Bonchev–Trinajstić information content (AvgIpc) is 2.73. The van der Waals surface area contributed by atoms with Crippen LogP contribution in [0.2, 0.25) is 0 Å². The van der Waals surface area contributed by atoms with Gasteiger partial charge in [-0.25, -0.2) is 4.79 Å². The SMILES string of the molecule is COC(=O)/C(=C(/C(=O)c1ccccc1)c1ccccn1)c1ccccc1. The number of pyridine rings is 1. The molecule has 1 heterocycles. The number of nitrogens with zero attached hydrogens (tertiary/aromatic N) is 1. The molecule has 0 fully saturated rings. The van der Waals surface area contributed by atoms with Crippen LogP contribution in [-0.4, -0.2) is 23.8 Å². The van der Waals surface area contributed by atoms with Gasteiger partial charge in [-0.3, -0.25) is 9.78 Å². The molecule has 1 aromatic heterocycles. The normalized spacial score (nSPS) is 11.4. The number of esters is 1. The van der Waals surface area contributed by atoms with Gasteiger partial charge in [0.2, 0.25) is 0 Å². The Labute approximate surface area is 151 Å². The molecular formula is C22H17NO3. The highest BCUT2D eigenvalue weighted by molar-refractivity contribution is 6.42. The van der Waals surface area contributed by atoms with Crippen molar-refractivity contribution in [3.05, 3.63) is 102 Å². The number of methoxy groups -OCH3 is 1. The van der Waals surface area contributed by atoms with E-state index in [1.54, 1.807) is 72.9 Å². The number of rotatable bonds is 5. The molecule has 0 saturated heterocycles. The average molecular weight is 343 g/mol. The Balaban J connectivity index is 2.31. The van der Waals surface area contributed by atoms with Crippen LogP contribution >= 0.6 is 0 Å². The third-order valence-electron chi connectivity index (χ3n) is 3.89. The van der Waals surface area contributed by atoms with Gasteiger partial charge < -0.3 is 4.74 Å². The van der Waals surface area contributed by atoms with Crippen LogP contribution in [-0.2, 0) is 9.53 Å². The molecule has 0 bridgehead atoms. The van der Waals surface area contributed by atoms with Crippen molar-refractivity contribution in [1.82, 2.24) is 4.98 Å². The number of carbonyl (C=O) groups excluding carboxylic acids is 2. The highest BCUT2D eigenvalue weighted by Crippen LogP contribution is 2.29. The molecule has 128 valence electrons. The van der Waals surface area contributed by atoms with Crippen molar-refractivity contribution in [2.75, 3.05) is 7.11 Å². The molecule has 0 unspecified atom stereocenters. The van der Waals surface area contributed by atoms with Crippen LogP contribution < -0.4 is 0 Å². The van der Waals surface area contributed by atoms with E-state index < -0.39 is 5.97 Å². The van der Waals surface area contributed by atoms with Crippen LogP contribution in [0.4, 0.5) is 0 Å². The molecule has 4 heteroatoms. The predicted octanol–water partition coefficient (Wildman–Crippen LogP) is 4.05. The Kier molecular flexibility index (Phi) is 5.34. The van der Waals surface area contributed by atoms with Gasteiger partial charge in [0.1, 0.15) is 0 Å². The standard InChI is InChI=1S/C22H17NO3/c1-26-22(25)19(16-10-4-2-5-11-16)20(18-14-8-9-15-23-18)21(24)17-12-6-3-7-13-17/h2-15H,1H3/b20-19+. The summed E-state index contributed by atoms with van der Waals surface area (Å²) in [6.45, 7) is 0. The van der Waals surface area contributed by atoms with E-state index in [0.717, 1.165) is 0 Å². The number of ketones is 1. The maximum Gasteiger partial charge on any atom is 0.339 e. The topological polar surface area (TPSA) is 56.3 Å². The zero-order chi connectivity index (χ0) is 18.4. The summed E-state index contributed by atoms with van der Waals surface area (Å²) in [6.07, 6.45) is 1.59. The van der Waals surface area contributed by atoms with Crippen LogP contribution in [0.3, 0.4) is 0 Å². The first-order chi connectivity index (χ1) is 12.7. The number of carbonyl (C=O) groups is 2. The third-order valence-corrected chi connectivity index (χ3v) is 3.89. The van der Waals surface area contributed by atoms with E-state index in [4.69, 9.17) is 4.74 Å². The molecule has 3 rings (SSSR count). The number of benzene rings is 2. The summed E-state index contributed by atoms with van der Waals surface area (Å²) in [5.41, 5.74) is 1.91. The first kappa shape index (κ1) is 17.3. The van der Waals surface area contributed by atoms with Crippen molar-refractivity contribution in [2.45, 2.75) is 0 Å². The molecule has 0 saturated carbocycles. The van der Waals surface area contributed by atoms with Crippen molar-refractivity contribution >= 4 is 22.9 Å². The van der Waals surface area contributed by atoms with E-state index in [2.05, 4.69) is 4.98 Å². The highest BCUT2D eigenvalue weighted by Gasteiger charge is 2.26. The van der Waals surface area contributed by atoms with E-state index in [-0.39, 0.29) is 16.9 Å². The number of hydrogen-bond donors (Lipinski definition) is 0. The van der Waals surface area contributed by atoms with Crippen LogP contribution in [0, 0.1) is 0 Å². The lowest BCUT2D eigenvalue weighted by Crippen LogP contribution is -2.13. The molecule has 4 nitrogen and oxygen atoms in total. The lowest BCUT2D eigenvalue weighted by atomic mass is 9.91. The lowest BCUT2D eigenvalue weighted by molar-refractivity contribution is -0.133. The first-order valence-electron chi connectivity index (χ1n) is 8.11. The van der Waals surface area contributed by atoms with Crippen molar-refractivity contribution in [3.63, 3.8) is 0 Å². The largest absolute Gasteiger partial charge is 0.465 e. The maximum atomic E-state index is 13.3. The summed E-state index contributed by atoms with van der Waals surface area (Å²) < 4.78 is 4.98. The second kappa shape index (κ2) is 8.03. The van der Waals surface area contributed by atoms with Crippen LogP contribution in [0.1, 0.15) is 21.6 Å². The van der Waals surface area contributed by atoms with Crippen molar-refractivity contribution in [2.24, 2.45) is 0 Å². The predicted molar refractivity (Wildman–Crippen MR) is 100 cm³/mol. The fourth-order valence-electron chi connectivity index (χ4n) is 2.67. The number of ether oxygens (including phenoxy) is 1. The second-order valence-corrected chi connectivity index (χ2v) is 5.52. The zero-order valence-electron chi connectivity index (χ0n) is 14.3. The van der Waals surface area contributed by atoms with Gasteiger partial charge in [-0.15, -0.1) is 0 Å². The summed E-state index contributed by atoms with van der Waals surface area (Å²) in [5, 5.41) is 0. The quantitative estimate of drug-likeness (QED) is 0.398. The fraction of sp³-hybridized carbons (Fsp3) is 0.0455. The molecule has 0 aliphatic carbocycles. The lowest BCUT2D eigenvalue weighted by Gasteiger charge is -2.13. The first-order valence-corrected chi connectivity index (χ1v) is 8.11. The second-order valence-electron chi connectivity index (χ2n) is 5.52. The van der Waals surface area contributed by atoms with Gasteiger partial charge in [0.25, 0.3) is 0 Å². The van der Waals surface area contributed by atoms with Crippen LogP contribution in [0.5, 0.6) is 0 Å². The van der Waals surface area contributed by atoms with Gasteiger partial charge in [0.05, 0.1) is 23.9 Å². The summed E-state index contributed by atoms with van der Waals surface area (Å²) in [5.74, 6) is -0.866. The summed E-state index contributed by atoms with van der Waals surface area (Å²) in [6, 6.07) is 23.1. The van der Waals surface area contributed by atoms with E-state index in [0.29, 0.717) is 16.8 Å².